The largest absolute Gasteiger partial charge is 0.487 e. The topological polar surface area (TPSA) is 69.6 Å². The molecule has 6 aromatic rings. The lowest BCUT2D eigenvalue weighted by Gasteiger charge is -2.09. The Bertz CT molecular complexity index is 1840. The summed E-state index contributed by atoms with van der Waals surface area (Å²) < 4.78 is 14.2. The average Bonchev–Trinajstić information content (AvgIpc) is 3.37. The number of fused-ring (bicyclic) bond motifs is 2. The van der Waals surface area contributed by atoms with Gasteiger partial charge >= 0.3 is 0 Å². The molecular formula is C30H19BrClN3O3. The molecule has 0 aliphatic rings. The minimum Gasteiger partial charge on any atom is -0.487 e. The van der Waals surface area contributed by atoms with Crippen LogP contribution in [-0.4, -0.2) is 15.9 Å². The van der Waals surface area contributed by atoms with Crippen LogP contribution < -0.4 is 10.3 Å². The fourth-order valence-electron chi connectivity index (χ4n) is 4.06. The van der Waals surface area contributed by atoms with Crippen molar-refractivity contribution in [2.24, 2.45) is 5.10 Å². The first-order valence-corrected chi connectivity index (χ1v) is 12.9. The number of furan rings is 1. The van der Waals surface area contributed by atoms with E-state index in [-0.39, 0.29) is 5.56 Å². The fraction of sp³-hybridized carbons (Fsp3) is 0.0333. The van der Waals surface area contributed by atoms with Crippen LogP contribution in [0.15, 0.2) is 116 Å². The lowest BCUT2D eigenvalue weighted by molar-refractivity contribution is 0.306. The molecule has 8 heteroatoms. The van der Waals surface area contributed by atoms with Crippen molar-refractivity contribution in [3.8, 4) is 17.3 Å². The van der Waals surface area contributed by atoms with Crippen molar-refractivity contribution < 1.29 is 9.15 Å². The number of benzene rings is 4. The van der Waals surface area contributed by atoms with E-state index in [0.29, 0.717) is 51.0 Å². The van der Waals surface area contributed by atoms with Crippen LogP contribution in [0, 0.1) is 0 Å². The van der Waals surface area contributed by atoms with Gasteiger partial charge in [0.1, 0.15) is 17.9 Å². The summed E-state index contributed by atoms with van der Waals surface area (Å²) in [5.74, 6) is 1.31. The highest BCUT2D eigenvalue weighted by atomic mass is 79.9. The molecule has 0 fully saturated rings. The van der Waals surface area contributed by atoms with Crippen LogP contribution in [0.25, 0.3) is 33.5 Å². The third-order valence-electron chi connectivity index (χ3n) is 5.99. The fourth-order valence-corrected chi connectivity index (χ4v) is 4.57. The number of halogens is 2. The first-order valence-electron chi connectivity index (χ1n) is 11.8. The molecular weight excluding hydrogens is 566 g/mol. The number of aromatic nitrogens is 2. The second kappa shape index (κ2) is 10.3. The number of hydrogen-bond acceptors (Lipinski definition) is 5. The molecule has 38 heavy (non-hydrogen) atoms. The van der Waals surface area contributed by atoms with E-state index in [1.807, 2.05) is 66.7 Å². The van der Waals surface area contributed by atoms with Crippen LogP contribution in [0.2, 0.25) is 5.02 Å². The molecule has 0 radical (unpaired) electrons. The zero-order valence-corrected chi connectivity index (χ0v) is 22.2. The van der Waals surface area contributed by atoms with Gasteiger partial charge in [0.15, 0.2) is 5.76 Å². The van der Waals surface area contributed by atoms with E-state index in [9.17, 15) is 4.79 Å². The summed E-state index contributed by atoms with van der Waals surface area (Å²) in [6.45, 7) is 0.388. The lowest BCUT2D eigenvalue weighted by Crippen LogP contribution is -2.20. The van der Waals surface area contributed by atoms with Crippen LogP contribution in [0.3, 0.4) is 0 Å². The number of para-hydroxylation sites is 2. The molecule has 6 nitrogen and oxygen atoms in total. The number of nitrogens with zero attached hydrogens (tertiary/aromatic N) is 3. The zero-order chi connectivity index (χ0) is 26.1. The highest BCUT2D eigenvalue weighted by Crippen LogP contribution is 2.28. The summed E-state index contributed by atoms with van der Waals surface area (Å²) in [5, 5.41) is 6.30. The Kier molecular flexibility index (Phi) is 6.54. The Balaban J connectivity index is 1.34. The molecule has 2 heterocycles. The van der Waals surface area contributed by atoms with Gasteiger partial charge in [-0.25, -0.2) is 4.98 Å². The van der Waals surface area contributed by atoms with Gasteiger partial charge in [-0.2, -0.15) is 9.78 Å². The van der Waals surface area contributed by atoms with Crippen LogP contribution in [-0.2, 0) is 6.61 Å². The van der Waals surface area contributed by atoms with Gasteiger partial charge in [0.05, 0.1) is 22.1 Å². The molecule has 6 rings (SSSR count). The van der Waals surface area contributed by atoms with Crippen LogP contribution >= 0.6 is 27.5 Å². The smallest absolute Gasteiger partial charge is 0.282 e. The molecule has 0 N–H and O–H groups in total. The van der Waals surface area contributed by atoms with E-state index in [4.69, 9.17) is 25.7 Å². The van der Waals surface area contributed by atoms with Crippen LogP contribution in [0.5, 0.6) is 5.75 Å². The predicted molar refractivity (Wildman–Crippen MR) is 154 cm³/mol. The number of hydrogen-bond donors (Lipinski definition) is 0. The maximum Gasteiger partial charge on any atom is 0.282 e. The number of ether oxygens (including phenoxy) is 1. The minimum atomic E-state index is -0.303. The minimum absolute atomic E-state index is 0.303. The molecule has 0 amide bonds. The Morgan fingerprint density at radius 1 is 0.974 bits per heavy atom. The SMILES string of the molecule is O=c1c2ccccc2nc(-c2cc3ccccc3o2)n1N=Cc1ccc(OCc2ccc(Br)cc2)c(Cl)c1. The number of rotatable bonds is 6. The second-order valence-electron chi connectivity index (χ2n) is 8.57. The van der Waals surface area contributed by atoms with Gasteiger partial charge in [-0.15, -0.1) is 0 Å². The average molecular weight is 585 g/mol. The molecule has 0 saturated carbocycles. The summed E-state index contributed by atoms with van der Waals surface area (Å²) in [5.41, 5.74) is 2.68. The highest BCUT2D eigenvalue weighted by molar-refractivity contribution is 9.10. The Morgan fingerprint density at radius 2 is 1.76 bits per heavy atom. The summed E-state index contributed by atoms with van der Waals surface area (Å²) in [7, 11) is 0. The van der Waals surface area contributed by atoms with Crippen molar-refractivity contribution in [3.05, 3.63) is 128 Å². The third kappa shape index (κ3) is 4.86. The molecule has 2 aromatic heterocycles. The van der Waals surface area contributed by atoms with Gasteiger partial charge in [-0.3, -0.25) is 4.79 Å². The molecule has 0 atom stereocenters. The molecule has 0 aliphatic carbocycles. The van der Waals surface area contributed by atoms with Gasteiger partial charge in [-0.05, 0) is 65.7 Å². The summed E-state index contributed by atoms with van der Waals surface area (Å²) in [4.78, 5) is 18.2. The van der Waals surface area contributed by atoms with Crippen molar-refractivity contribution in [1.29, 1.82) is 0 Å². The normalized spacial score (nSPS) is 11.5. The highest BCUT2D eigenvalue weighted by Gasteiger charge is 2.16. The lowest BCUT2D eigenvalue weighted by atomic mass is 10.2. The molecule has 0 saturated heterocycles. The molecule has 0 spiro atoms. The summed E-state index contributed by atoms with van der Waals surface area (Å²) >= 11 is 9.92. The first kappa shape index (κ1) is 24.2. The van der Waals surface area contributed by atoms with Crippen molar-refractivity contribution >= 4 is 55.6 Å². The van der Waals surface area contributed by atoms with E-state index in [2.05, 4.69) is 21.0 Å². The van der Waals surface area contributed by atoms with Crippen molar-refractivity contribution in [1.82, 2.24) is 9.66 Å². The molecule has 0 aliphatic heterocycles. The standard InChI is InChI=1S/C30H19BrClN3O3/c31-22-12-9-19(10-13-22)18-37-27-14-11-20(15-24(27)32)17-33-35-29(28-16-21-5-1-4-8-26(21)38-28)34-25-7-3-2-6-23(25)30(35)36/h1-17H,18H2. The van der Waals surface area contributed by atoms with E-state index < -0.39 is 0 Å². The Morgan fingerprint density at radius 3 is 2.58 bits per heavy atom. The van der Waals surface area contributed by atoms with Gasteiger partial charge in [0.25, 0.3) is 5.56 Å². The maximum absolute atomic E-state index is 13.4. The Hall–Kier alpha value is -4.20. The van der Waals surface area contributed by atoms with E-state index in [1.54, 1.807) is 36.5 Å². The van der Waals surface area contributed by atoms with Gasteiger partial charge < -0.3 is 9.15 Å². The van der Waals surface area contributed by atoms with Gasteiger partial charge in [0.2, 0.25) is 5.82 Å². The van der Waals surface area contributed by atoms with Crippen molar-refractivity contribution in [3.63, 3.8) is 0 Å². The van der Waals surface area contributed by atoms with Crippen LogP contribution in [0.4, 0.5) is 0 Å². The van der Waals surface area contributed by atoms with Gasteiger partial charge in [-0.1, -0.05) is 70.0 Å². The van der Waals surface area contributed by atoms with E-state index in [1.165, 1.54) is 4.68 Å². The van der Waals surface area contributed by atoms with Crippen LogP contribution in [0.1, 0.15) is 11.1 Å². The maximum atomic E-state index is 13.4. The Labute approximate surface area is 230 Å². The second-order valence-corrected chi connectivity index (χ2v) is 9.89. The summed E-state index contributed by atoms with van der Waals surface area (Å²) in [6, 6.07) is 29.9. The molecule has 186 valence electrons. The molecule has 0 unspecified atom stereocenters. The van der Waals surface area contributed by atoms with Crippen molar-refractivity contribution in [2.45, 2.75) is 6.61 Å². The monoisotopic (exact) mass is 583 g/mol. The van der Waals surface area contributed by atoms with Gasteiger partial charge in [0, 0.05) is 9.86 Å². The summed E-state index contributed by atoms with van der Waals surface area (Å²) in [6.07, 6.45) is 1.56. The van der Waals surface area contributed by atoms with Crippen molar-refractivity contribution in [2.75, 3.05) is 0 Å². The first-order chi connectivity index (χ1) is 18.5. The molecule has 4 aromatic carbocycles. The van der Waals surface area contributed by atoms with E-state index in [0.717, 1.165) is 15.4 Å². The van der Waals surface area contributed by atoms with E-state index >= 15 is 0 Å². The third-order valence-corrected chi connectivity index (χ3v) is 6.81. The predicted octanol–water partition coefficient (Wildman–Crippen LogP) is 7.69. The molecule has 0 bridgehead atoms. The zero-order valence-electron chi connectivity index (χ0n) is 19.8. The quantitative estimate of drug-likeness (QED) is 0.188.